The number of methoxy groups -OCH3 is 1. The molecule has 0 aliphatic carbocycles. The lowest BCUT2D eigenvalue weighted by Crippen LogP contribution is -2.31. The minimum absolute atomic E-state index is 0.141. The summed E-state index contributed by atoms with van der Waals surface area (Å²) in [7, 11) is 1.59. The summed E-state index contributed by atoms with van der Waals surface area (Å²) >= 11 is 0. The number of benzene rings is 2. The highest BCUT2D eigenvalue weighted by molar-refractivity contribution is 6.05. The van der Waals surface area contributed by atoms with Crippen molar-refractivity contribution in [2.24, 2.45) is 0 Å². The SMILES string of the molecule is COc1ccc(N(Cc2nc3nc(C)cc(=O)n3[nH]2)C(=O)c2ccccc2)cc1. The number of hydrogen-bond acceptors (Lipinski definition) is 5. The van der Waals surface area contributed by atoms with Crippen molar-refractivity contribution in [1.82, 2.24) is 19.6 Å². The topological polar surface area (TPSA) is 92.6 Å². The second kappa shape index (κ2) is 7.59. The number of anilines is 1. The van der Waals surface area contributed by atoms with Gasteiger partial charge in [-0.3, -0.25) is 14.7 Å². The molecule has 1 N–H and O–H groups in total. The molecule has 0 aliphatic rings. The Morgan fingerprint density at radius 2 is 1.83 bits per heavy atom. The number of amides is 1. The molecule has 0 aliphatic heterocycles. The molecule has 8 heteroatoms. The van der Waals surface area contributed by atoms with Crippen LogP contribution in [0.3, 0.4) is 0 Å². The number of nitrogens with one attached hydrogen (secondary N) is 1. The molecule has 0 radical (unpaired) electrons. The third-order valence-corrected chi connectivity index (χ3v) is 4.46. The molecule has 0 fully saturated rings. The van der Waals surface area contributed by atoms with Gasteiger partial charge in [-0.15, -0.1) is 0 Å². The quantitative estimate of drug-likeness (QED) is 0.566. The summed E-state index contributed by atoms with van der Waals surface area (Å²) in [5, 5.41) is 2.93. The Bertz CT molecular complexity index is 1210. The zero-order valence-electron chi connectivity index (χ0n) is 16.0. The normalized spacial score (nSPS) is 10.8. The van der Waals surface area contributed by atoms with Gasteiger partial charge in [-0.1, -0.05) is 18.2 Å². The Kier molecular flexibility index (Phi) is 4.82. The highest BCUT2D eigenvalue weighted by Crippen LogP contribution is 2.22. The van der Waals surface area contributed by atoms with Crippen LogP contribution in [-0.2, 0) is 6.54 Å². The average molecular weight is 389 g/mol. The van der Waals surface area contributed by atoms with Crippen LogP contribution in [-0.4, -0.2) is 32.6 Å². The number of fused-ring (bicyclic) bond motifs is 1. The molecule has 2 aromatic carbocycles. The Hall–Kier alpha value is -3.94. The van der Waals surface area contributed by atoms with Gasteiger partial charge in [0.25, 0.3) is 17.2 Å². The summed E-state index contributed by atoms with van der Waals surface area (Å²) in [5.74, 6) is 1.22. The molecule has 0 saturated heterocycles. The number of carbonyl (C=O) groups is 1. The fraction of sp³-hybridized carbons (Fsp3) is 0.143. The minimum Gasteiger partial charge on any atom is -0.497 e. The van der Waals surface area contributed by atoms with Gasteiger partial charge < -0.3 is 9.64 Å². The maximum absolute atomic E-state index is 13.2. The van der Waals surface area contributed by atoms with E-state index in [-0.39, 0.29) is 23.8 Å². The van der Waals surface area contributed by atoms with E-state index in [1.807, 2.05) is 18.2 Å². The number of aromatic amines is 1. The van der Waals surface area contributed by atoms with E-state index in [0.717, 1.165) is 0 Å². The first-order valence-corrected chi connectivity index (χ1v) is 9.01. The van der Waals surface area contributed by atoms with Crippen molar-refractivity contribution in [3.05, 3.63) is 88.1 Å². The van der Waals surface area contributed by atoms with E-state index in [4.69, 9.17) is 4.74 Å². The maximum atomic E-state index is 13.2. The molecule has 0 spiro atoms. The van der Waals surface area contributed by atoms with E-state index in [0.29, 0.717) is 28.5 Å². The van der Waals surface area contributed by atoms with Gasteiger partial charge in [0.1, 0.15) is 11.6 Å². The second-order valence-electron chi connectivity index (χ2n) is 6.50. The summed E-state index contributed by atoms with van der Waals surface area (Å²) < 4.78 is 6.47. The van der Waals surface area contributed by atoms with Crippen molar-refractivity contribution in [1.29, 1.82) is 0 Å². The number of hydrogen-bond donors (Lipinski definition) is 1. The predicted molar refractivity (Wildman–Crippen MR) is 108 cm³/mol. The van der Waals surface area contributed by atoms with Gasteiger partial charge in [-0.05, 0) is 43.3 Å². The van der Waals surface area contributed by atoms with E-state index in [1.54, 1.807) is 55.3 Å². The van der Waals surface area contributed by atoms with Crippen LogP contribution in [0.15, 0.2) is 65.5 Å². The van der Waals surface area contributed by atoms with Crippen molar-refractivity contribution < 1.29 is 9.53 Å². The van der Waals surface area contributed by atoms with Gasteiger partial charge in [-0.2, -0.15) is 9.50 Å². The molecule has 0 unspecified atom stereocenters. The number of rotatable bonds is 5. The van der Waals surface area contributed by atoms with Crippen LogP contribution in [0.4, 0.5) is 5.69 Å². The Morgan fingerprint density at radius 1 is 1.10 bits per heavy atom. The van der Waals surface area contributed by atoms with E-state index in [1.165, 1.54) is 10.6 Å². The Balaban J connectivity index is 1.74. The Labute approximate surface area is 166 Å². The fourth-order valence-corrected chi connectivity index (χ4v) is 3.04. The predicted octanol–water partition coefficient (Wildman–Crippen LogP) is 2.58. The maximum Gasteiger partial charge on any atom is 0.274 e. The summed E-state index contributed by atoms with van der Waals surface area (Å²) in [4.78, 5) is 35.6. The fourth-order valence-electron chi connectivity index (χ4n) is 3.04. The van der Waals surface area contributed by atoms with Crippen molar-refractivity contribution in [3.8, 4) is 5.75 Å². The molecular formula is C21H19N5O3. The molecule has 0 atom stereocenters. The van der Waals surface area contributed by atoms with Gasteiger partial charge in [-0.25, -0.2) is 4.98 Å². The van der Waals surface area contributed by atoms with Crippen molar-refractivity contribution >= 4 is 17.4 Å². The van der Waals surface area contributed by atoms with Crippen LogP contribution >= 0.6 is 0 Å². The lowest BCUT2D eigenvalue weighted by atomic mass is 10.1. The number of aromatic nitrogens is 4. The van der Waals surface area contributed by atoms with Gasteiger partial charge in [0.05, 0.1) is 13.7 Å². The molecule has 2 heterocycles. The lowest BCUT2D eigenvalue weighted by Gasteiger charge is -2.22. The molecule has 2 aromatic heterocycles. The van der Waals surface area contributed by atoms with Crippen LogP contribution in [0, 0.1) is 6.92 Å². The monoisotopic (exact) mass is 389 g/mol. The largest absolute Gasteiger partial charge is 0.497 e. The van der Waals surface area contributed by atoms with Crippen LogP contribution in [0.2, 0.25) is 0 Å². The number of nitrogens with zero attached hydrogens (tertiary/aromatic N) is 4. The van der Waals surface area contributed by atoms with Gasteiger partial charge in [0.15, 0.2) is 0 Å². The van der Waals surface area contributed by atoms with Gasteiger partial charge in [0.2, 0.25) is 0 Å². The molecule has 1 amide bonds. The molecule has 146 valence electrons. The van der Waals surface area contributed by atoms with Gasteiger partial charge >= 0.3 is 0 Å². The summed E-state index contributed by atoms with van der Waals surface area (Å²) in [6.45, 7) is 1.88. The number of ether oxygens (including phenoxy) is 1. The lowest BCUT2D eigenvalue weighted by molar-refractivity contribution is 0.0984. The summed E-state index contributed by atoms with van der Waals surface area (Å²) in [6, 6.07) is 17.6. The molecule has 0 bridgehead atoms. The average Bonchev–Trinajstić information content (AvgIpc) is 3.15. The van der Waals surface area contributed by atoms with Crippen LogP contribution in [0.1, 0.15) is 21.9 Å². The highest BCUT2D eigenvalue weighted by atomic mass is 16.5. The Morgan fingerprint density at radius 3 is 2.52 bits per heavy atom. The van der Waals surface area contributed by atoms with Gasteiger partial charge in [0, 0.05) is 23.0 Å². The standard InChI is InChI=1S/C21H19N5O3/c1-14-12-19(27)26-21(22-14)23-18(24-26)13-25(16-8-10-17(29-2)11-9-16)20(28)15-6-4-3-5-7-15/h3-12H,13H2,1-2H3,(H,22,23,24). The van der Waals surface area contributed by atoms with Crippen molar-refractivity contribution in [2.75, 3.05) is 12.0 Å². The first-order valence-electron chi connectivity index (χ1n) is 9.01. The van der Waals surface area contributed by atoms with E-state index in [2.05, 4.69) is 15.1 Å². The zero-order valence-corrected chi connectivity index (χ0v) is 16.0. The van der Waals surface area contributed by atoms with E-state index in [9.17, 15) is 9.59 Å². The smallest absolute Gasteiger partial charge is 0.274 e. The van der Waals surface area contributed by atoms with E-state index < -0.39 is 0 Å². The number of carbonyl (C=O) groups excluding carboxylic acids is 1. The number of aryl methyl sites for hydroxylation is 1. The molecule has 4 rings (SSSR count). The third-order valence-electron chi connectivity index (χ3n) is 4.46. The van der Waals surface area contributed by atoms with Crippen molar-refractivity contribution in [2.45, 2.75) is 13.5 Å². The second-order valence-corrected chi connectivity index (χ2v) is 6.50. The molecule has 8 nitrogen and oxygen atoms in total. The summed E-state index contributed by atoms with van der Waals surface area (Å²) in [5.41, 5.74) is 1.55. The van der Waals surface area contributed by atoms with Crippen LogP contribution in [0.25, 0.3) is 5.78 Å². The summed E-state index contributed by atoms with van der Waals surface area (Å²) in [6.07, 6.45) is 0. The molecule has 4 aromatic rings. The molecule has 0 saturated carbocycles. The first kappa shape index (κ1) is 18.4. The minimum atomic E-state index is -0.253. The zero-order chi connectivity index (χ0) is 20.4. The van der Waals surface area contributed by atoms with Crippen molar-refractivity contribution in [3.63, 3.8) is 0 Å². The van der Waals surface area contributed by atoms with Crippen LogP contribution < -0.4 is 15.2 Å². The number of H-pyrrole nitrogens is 1. The molecular weight excluding hydrogens is 370 g/mol. The van der Waals surface area contributed by atoms with E-state index >= 15 is 0 Å². The molecule has 29 heavy (non-hydrogen) atoms. The van der Waals surface area contributed by atoms with Crippen LogP contribution in [0.5, 0.6) is 5.75 Å². The highest BCUT2D eigenvalue weighted by Gasteiger charge is 2.20. The first-order chi connectivity index (χ1) is 14.0. The third kappa shape index (κ3) is 3.73.